The lowest BCUT2D eigenvalue weighted by molar-refractivity contribution is 0.0386. The maximum Gasteiger partial charge on any atom is 0.0945 e. The summed E-state index contributed by atoms with van der Waals surface area (Å²) in [6.07, 6.45) is 2.10. The molecule has 2 N–H and O–H groups in total. The van der Waals surface area contributed by atoms with Crippen LogP contribution < -0.4 is 10.2 Å². The summed E-state index contributed by atoms with van der Waals surface area (Å²) in [6.45, 7) is 1.72. The Morgan fingerprint density at radius 1 is 1.37 bits per heavy atom. The Morgan fingerprint density at radius 2 is 2.11 bits per heavy atom. The highest BCUT2D eigenvalue weighted by atomic mass is 16.5. The Morgan fingerprint density at radius 3 is 2.79 bits per heavy atom. The van der Waals surface area contributed by atoms with E-state index in [9.17, 15) is 5.11 Å². The number of hydrogen-bond donors (Lipinski definition) is 2. The van der Waals surface area contributed by atoms with E-state index in [1.54, 1.807) is 0 Å². The van der Waals surface area contributed by atoms with E-state index >= 15 is 0 Å². The van der Waals surface area contributed by atoms with Gasteiger partial charge in [-0.3, -0.25) is 0 Å². The van der Waals surface area contributed by atoms with E-state index in [1.807, 2.05) is 32.3 Å². The third-order valence-electron chi connectivity index (χ3n) is 3.27. The molecule has 1 unspecified atom stereocenters. The summed E-state index contributed by atoms with van der Waals surface area (Å²) in [5.74, 6) is 0.745. The zero-order valence-corrected chi connectivity index (χ0v) is 11.8. The van der Waals surface area contributed by atoms with Gasteiger partial charge < -0.3 is 20.1 Å². The number of aliphatic hydroxyl groups excluding tert-OH is 1. The van der Waals surface area contributed by atoms with Crippen LogP contribution in [-0.4, -0.2) is 45.1 Å². The normalized spacial score (nSPS) is 16.2. The lowest BCUT2D eigenvalue weighted by atomic mass is 10.2. The molecule has 1 saturated carbocycles. The minimum absolute atomic E-state index is 0.410. The van der Waals surface area contributed by atoms with Gasteiger partial charge in [-0.25, -0.2) is 0 Å². The molecule has 0 saturated heterocycles. The summed E-state index contributed by atoms with van der Waals surface area (Å²) >= 11 is 0. The molecule has 0 amide bonds. The van der Waals surface area contributed by atoms with Crippen molar-refractivity contribution in [3.8, 4) is 0 Å². The van der Waals surface area contributed by atoms with E-state index in [0.29, 0.717) is 13.2 Å². The highest BCUT2D eigenvalue weighted by molar-refractivity contribution is 5.69. The number of anilines is 2. The zero-order valence-electron chi connectivity index (χ0n) is 11.8. The lowest BCUT2D eigenvalue weighted by Gasteiger charge is -2.19. The van der Waals surface area contributed by atoms with Crippen LogP contribution in [-0.2, 0) is 4.74 Å². The Bertz CT molecular complexity index is 391. The Kier molecular flexibility index (Phi) is 5.05. The van der Waals surface area contributed by atoms with E-state index in [1.165, 1.54) is 12.8 Å². The number of ether oxygens (including phenoxy) is 1. The predicted molar refractivity (Wildman–Crippen MR) is 78.8 cm³/mol. The molecule has 0 heterocycles. The quantitative estimate of drug-likeness (QED) is 0.753. The molecule has 0 bridgehead atoms. The minimum Gasteiger partial charge on any atom is -0.389 e. The van der Waals surface area contributed by atoms with E-state index in [2.05, 4.69) is 16.3 Å². The van der Waals surface area contributed by atoms with Crippen molar-refractivity contribution in [2.45, 2.75) is 18.9 Å². The second-order valence-electron chi connectivity index (χ2n) is 5.43. The molecule has 4 nitrogen and oxygen atoms in total. The number of nitrogens with zero attached hydrogens (tertiary/aromatic N) is 1. The topological polar surface area (TPSA) is 44.7 Å². The first-order valence-electron chi connectivity index (χ1n) is 6.93. The van der Waals surface area contributed by atoms with Gasteiger partial charge in [-0.1, -0.05) is 12.1 Å². The lowest BCUT2D eigenvalue weighted by Crippen LogP contribution is -2.26. The number of nitrogens with one attached hydrogen (secondary N) is 1. The van der Waals surface area contributed by atoms with Crippen LogP contribution in [0.1, 0.15) is 12.8 Å². The van der Waals surface area contributed by atoms with Gasteiger partial charge in [-0.15, -0.1) is 0 Å². The number of hydrogen-bond acceptors (Lipinski definition) is 4. The fraction of sp³-hybridized carbons (Fsp3) is 0.600. The maximum absolute atomic E-state index is 9.87. The number of benzene rings is 1. The average Bonchev–Trinajstić information content (AvgIpc) is 3.20. The molecular formula is C15H24N2O2. The van der Waals surface area contributed by atoms with Gasteiger partial charge in [0.2, 0.25) is 0 Å². The van der Waals surface area contributed by atoms with E-state index < -0.39 is 6.10 Å². The number of para-hydroxylation sites is 2. The molecule has 1 aliphatic rings. The van der Waals surface area contributed by atoms with Gasteiger partial charge in [0.05, 0.1) is 24.1 Å². The molecule has 0 spiro atoms. The highest BCUT2D eigenvalue weighted by Gasteiger charge is 2.21. The molecule has 1 aliphatic carbocycles. The van der Waals surface area contributed by atoms with Crippen molar-refractivity contribution in [1.82, 2.24) is 0 Å². The average molecular weight is 264 g/mol. The summed E-state index contributed by atoms with van der Waals surface area (Å²) < 4.78 is 5.49. The molecule has 0 aliphatic heterocycles. The van der Waals surface area contributed by atoms with Crippen molar-refractivity contribution < 1.29 is 9.84 Å². The third kappa shape index (κ3) is 4.73. The number of aliphatic hydroxyl groups is 1. The fourth-order valence-electron chi connectivity index (χ4n) is 1.96. The van der Waals surface area contributed by atoms with Gasteiger partial charge in [-0.2, -0.15) is 0 Å². The zero-order chi connectivity index (χ0) is 13.7. The van der Waals surface area contributed by atoms with Crippen molar-refractivity contribution >= 4 is 11.4 Å². The second-order valence-corrected chi connectivity index (χ2v) is 5.43. The van der Waals surface area contributed by atoms with Gasteiger partial charge in [-0.05, 0) is 30.9 Å². The van der Waals surface area contributed by atoms with Crippen LogP contribution in [0.25, 0.3) is 0 Å². The maximum atomic E-state index is 9.87. The third-order valence-corrected chi connectivity index (χ3v) is 3.27. The van der Waals surface area contributed by atoms with Crippen molar-refractivity contribution in [2.24, 2.45) is 5.92 Å². The molecular weight excluding hydrogens is 240 g/mol. The van der Waals surface area contributed by atoms with E-state index in [-0.39, 0.29) is 0 Å². The van der Waals surface area contributed by atoms with Crippen LogP contribution >= 0.6 is 0 Å². The van der Waals surface area contributed by atoms with Crippen LogP contribution in [0.5, 0.6) is 0 Å². The summed E-state index contributed by atoms with van der Waals surface area (Å²) in [5.41, 5.74) is 2.15. The summed E-state index contributed by atoms with van der Waals surface area (Å²) in [4.78, 5) is 2.05. The van der Waals surface area contributed by atoms with Crippen LogP contribution in [0, 0.1) is 5.92 Å². The first kappa shape index (κ1) is 14.2. The SMILES string of the molecule is CN(C)c1ccccc1NCC(O)COCC1CC1. The van der Waals surface area contributed by atoms with Gasteiger partial charge in [0.25, 0.3) is 0 Å². The minimum atomic E-state index is -0.464. The molecule has 0 radical (unpaired) electrons. The summed E-state index contributed by atoms with van der Waals surface area (Å²) in [7, 11) is 4.02. The molecule has 106 valence electrons. The molecule has 1 aromatic rings. The fourth-order valence-corrected chi connectivity index (χ4v) is 1.96. The first-order valence-corrected chi connectivity index (χ1v) is 6.93. The van der Waals surface area contributed by atoms with Gasteiger partial charge in [0, 0.05) is 27.2 Å². The van der Waals surface area contributed by atoms with Gasteiger partial charge >= 0.3 is 0 Å². The molecule has 1 aromatic carbocycles. The van der Waals surface area contributed by atoms with Gasteiger partial charge in [0.1, 0.15) is 0 Å². The molecule has 4 heteroatoms. The van der Waals surface area contributed by atoms with Gasteiger partial charge in [0.15, 0.2) is 0 Å². The standard InChI is InChI=1S/C15H24N2O2/c1-17(2)15-6-4-3-5-14(15)16-9-13(18)11-19-10-12-7-8-12/h3-6,12-13,16,18H,7-11H2,1-2H3. The molecule has 1 fully saturated rings. The second kappa shape index (κ2) is 6.78. The summed E-state index contributed by atoms with van der Waals surface area (Å²) in [5, 5.41) is 13.1. The Labute approximate surface area is 115 Å². The molecule has 1 atom stereocenters. The van der Waals surface area contributed by atoms with Crippen LogP contribution in [0.2, 0.25) is 0 Å². The van der Waals surface area contributed by atoms with Crippen molar-refractivity contribution in [1.29, 1.82) is 0 Å². The van der Waals surface area contributed by atoms with Crippen LogP contribution in [0.4, 0.5) is 11.4 Å². The molecule has 19 heavy (non-hydrogen) atoms. The van der Waals surface area contributed by atoms with Crippen molar-refractivity contribution in [2.75, 3.05) is 44.1 Å². The Balaban J connectivity index is 1.74. The monoisotopic (exact) mass is 264 g/mol. The van der Waals surface area contributed by atoms with E-state index in [4.69, 9.17) is 4.74 Å². The van der Waals surface area contributed by atoms with Crippen molar-refractivity contribution in [3.63, 3.8) is 0 Å². The highest BCUT2D eigenvalue weighted by Crippen LogP contribution is 2.28. The van der Waals surface area contributed by atoms with Crippen LogP contribution in [0.3, 0.4) is 0 Å². The first-order chi connectivity index (χ1) is 9.16. The predicted octanol–water partition coefficient (Wildman–Crippen LogP) is 1.95. The molecule has 0 aromatic heterocycles. The number of rotatable bonds is 8. The van der Waals surface area contributed by atoms with Crippen molar-refractivity contribution in [3.05, 3.63) is 24.3 Å². The van der Waals surface area contributed by atoms with E-state index in [0.717, 1.165) is 23.9 Å². The smallest absolute Gasteiger partial charge is 0.0945 e. The Hall–Kier alpha value is -1.26. The van der Waals surface area contributed by atoms with Crippen LogP contribution in [0.15, 0.2) is 24.3 Å². The molecule has 2 rings (SSSR count). The largest absolute Gasteiger partial charge is 0.389 e. The summed E-state index contributed by atoms with van der Waals surface area (Å²) in [6, 6.07) is 8.08.